The number of nitro benzene ring substituents is 1. The summed E-state index contributed by atoms with van der Waals surface area (Å²) in [5.74, 6) is -0.112. The fraction of sp³-hybridized carbons (Fsp3) is 0.250. The second-order valence-corrected chi connectivity index (χ2v) is 8.94. The molecule has 1 amide bonds. The molecule has 1 aliphatic rings. The molecule has 11 heteroatoms. The molecule has 0 aliphatic carbocycles. The fourth-order valence-corrected chi connectivity index (χ4v) is 5.00. The summed E-state index contributed by atoms with van der Waals surface area (Å²) in [5.41, 5.74) is 0.621. The average molecular weight is 457 g/mol. The number of thiazole rings is 1. The highest BCUT2D eigenvalue weighted by Gasteiger charge is 2.18. The molecule has 9 nitrogen and oxygen atoms in total. The average Bonchev–Trinajstić information content (AvgIpc) is 3.50. The quantitative estimate of drug-likeness (QED) is 0.243. The molecule has 1 atom stereocenters. The van der Waals surface area contributed by atoms with Crippen molar-refractivity contribution in [3.63, 3.8) is 0 Å². The first-order valence-corrected chi connectivity index (χ1v) is 11.0. The maximum Gasteiger partial charge on any atom is 0.270 e. The molecule has 158 valence electrons. The van der Waals surface area contributed by atoms with Crippen LogP contribution in [0.4, 0.5) is 5.69 Å². The van der Waals surface area contributed by atoms with E-state index in [9.17, 15) is 20.2 Å². The number of aromatic nitrogens is 1. The van der Waals surface area contributed by atoms with Crippen LogP contribution in [0.25, 0.3) is 16.3 Å². The molecular weight excluding hydrogens is 440 g/mol. The van der Waals surface area contributed by atoms with Crippen LogP contribution >= 0.6 is 23.1 Å². The molecule has 3 heterocycles. The highest BCUT2D eigenvalue weighted by molar-refractivity contribution is 8.01. The van der Waals surface area contributed by atoms with Gasteiger partial charge in [0.2, 0.25) is 0 Å². The standard InChI is InChI=1S/C20H16N4O5S2/c21-10-12(19(25)22-11-15-2-1-7-28-15)8-14-4-6-18(29-14)31-20-23-16-5-3-13(24(26)27)9-17(16)30-20/h3-6,8-9,15H,1-2,7,11H2,(H,22,25)/b12-8+/t15-/m0/s1. The lowest BCUT2D eigenvalue weighted by Gasteiger charge is -2.09. The number of carbonyl (C=O) groups excluding carboxylic acids is 1. The third-order valence-electron chi connectivity index (χ3n) is 4.52. The third-order valence-corrected chi connectivity index (χ3v) is 6.52. The van der Waals surface area contributed by atoms with Gasteiger partial charge in [0.1, 0.15) is 17.4 Å². The van der Waals surface area contributed by atoms with Gasteiger partial charge in [0.25, 0.3) is 11.6 Å². The second kappa shape index (κ2) is 9.30. The van der Waals surface area contributed by atoms with Gasteiger partial charge in [-0.2, -0.15) is 5.26 Å². The normalized spacial score (nSPS) is 16.4. The van der Waals surface area contributed by atoms with Crippen molar-refractivity contribution >= 4 is 51.0 Å². The molecule has 0 saturated carbocycles. The number of non-ortho nitro benzene ring substituents is 1. The molecule has 1 aliphatic heterocycles. The molecule has 0 radical (unpaired) electrons. The molecule has 4 rings (SSSR count). The number of ether oxygens (including phenoxy) is 1. The molecule has 1 fully saturated rings. The number of fused-ring (bicyclic) bond motifs is 1. The van der Waals surface area contributed by atoms with Gasteiger partial charge in [-0.15, -0.1) is 11.3 Å². The first kappa shape index (κ1) is 21.0. The maximum absolute atomic E-state index is 12.2. The van der Waals surface area contributed by atoms with Gasteiger partial charge >= 0.3 is 0 Å². The lowest BCUT2D eigenvalue weighted by Crippen LogP contribution is -2.32. The van der Waals surface area contributed by atoms with E-state index < -0.39 is 10.8 Å². The summed E-state index contributed by atoms with van der Waals surface area (Å²) >= 11 is 2.58. The molecule has 1 aromatic carbocycles. The van der Waals surface area contributed by atoms with Gasteiger partial charge in [-0.3, -0.25) is 14.9 Å². The SMILES string of the molecule is N#C/C(=C\c1ccc(Sc2nc3ccc([N+](=O)[O-])cc3s2)o1)C(=O)NC[C@@H]1CCCO1. The van der Waals surface area contributed by atoms with Crippen molar-refractivity contribution in [3.8, 4) is 6.07 Å². The first-order chi connectivity index (χ1) is 15.0. The Balaban J connectivity index is 1.43. The molecule has 0 spiro atoms. The van der Waals surface area contributed by atoms with E-state index in [1.54, 1.807) is 18.2 Å². The number of carbonyl (C=O) groups is 1. The minimum atomic E-state index is -0.476. The number of nitrogens with one attached hydrogen (secondary N) is 1. The molecule has 31 heavy (non-hydrogen) atoms. The van der Waals surface area contributed by atoms with Gasteiger partial charge in [-0.05, 0) is 42.8 Å². The largest absolute Gasteiger partial charge is 0.450 e. The first-order valence-electron chi connectivity index (χ1n) is 9.36. The lowest BCUT2D eigenvalue weighted by molar-refractivity contribution is -0.384. The number of nitro groups is 1. The van der Waals surface area contributed by atoms with Crippen molar-refractivity contribution in [2.75, 3.05) is 13.2 Å². The Morgan fingerprint density at radius 3 is 3.06 bits per heavy atom. The van der Waals surface area contributed by atoms with E-state index in [1.807, 2.05) is 6.07 Å². The lowest BCUT2D eigenvalue weighted by atomic mass is 10.2. The number of nitrogens with zero attached hydrogens (tertiary/aromatic N) is 3. The van der Waals surface area contributed by atoms with Crippen molar-refractivity contribution in [2.24, 2.45) is 0 Å². The van der Waals surface area contributed by atoms with Crippen LogP contribution in [0.3, 0.4) is 0 Å². The number of furan rings is 1. The highest BCUT2D eigenvalue weighted by Crippen LogP contribution is 2.36. The zero-order valence-corrected chi connectivity index (χ0v) is 17.7. The molecular formula is C20H16N4O5S2. The zero-order chi connectivity index (χ0) is 21.8. The van der Waals surface area contributed by atoms with Crippen molar-refractivity contribution in [3.05, 3.63) is 51.8 Å². The molecule has 1 saturated heterocycles. The number of hydrogen-bond acceptors (Lipinski definition) is 9. The molecule has 1 N–H and O–H groups in total. The van der Waals surface area contributed by atoms with Gasteiger partial charge in [0.05, 0.1) is 21.2 Å². The smallest absolute Gasteiger partial charge is 0.270 e. The summed E-state index contributed by atoms with van der Waals surface area (Å²) in [6.07, 6.45) is 3.24. The van der Waals surface area contributed by atoms with Gasteiger partial charge in [0.15, 0.2) is 9.43 Å². The monoisotopic (exact) mass is 456 g/mol. The number of amides is 1. The minimum absolute atomic E-state index is 0.00856. The maximum atomic E-state index is 12.2. The Hall–Kier alpha value is -3.20. The van der Waals surface area contributed by atoms with Crippen molar-refractivity contribution in [1.29, 1.82) is 5.26 Å². The van der Waals surface area contributed by atoms with Crippen LogP contribution in [-0.4, -0.2) is 35.1 Å². The van der Waals surface area contributed by atoms with Crippen LogP contribution in [0.1, 0.15) is 18.6 Å². The Morgan fingerprint density at radius 1 is 1.45 bits per heavy atom. The van der Waals surface area contributed by atoms with E-state index in [2.05, 4.69) is 10.3 Å². The Morgan fingerprint density at radius 2 is 2.32 bits per heavy atom. The van der Waals surface area contributed by atoms with E-state index in [4.69, 9.17) is 9.15 Å². The summed E-state index contributed by atoms with van der Waals surface area (Å²) in [6, 6.07) is 9.78. The van der Waals surface area contributed by atoms with Crippen LogP contribution in [0, 0.1) is 21.4 Å². The molecule has 3 aromatic rings. The number of hydrogen-bond donors (Lipinski definition) is 1. The Labute approximate surface area is 184 Å². The van der Waals surface area contributed by atoms with E-state index in [0.717, 1.165) is 12.8 Å². The summed E-state index contributed by atoms with van der Waals surface area (Å²) in [4.78, 5) is 27.2. The van der Waals surface area contributed by atoms with E-state index in [0.29, 0.717) is 38.6 Å². The van der Waals surface area contributed by atoms with E-state index in [1.165, 1.54) is 41.3 Å². The van der Waals surface area contributed by atoms with Gasteiger partial charge in [-0.1, -0.05) is 0 Å². The Bertz CT molecular complexity index is 1200. The predicted molar refractivity (Wildman–Crippen MR) is 115 cm³/mol. The minimum Gasteiger partial charge on any atom is -0.450 e. The van der Waals surface area contributed by atoms with Crippen LogP contribution < -0.4 is 5.32 Å². The van der Waals surface area contributed by atoms with Crippen molar-refractivity contribution < 1.29 is 18.9 Å². The third kappa shape index (κ3) is 5.11. The molecule has 0 unspecified atom stereocenters. The summed E-state index contributed by atoms with van der Waals surface area (Å²) in [5, 5.41) is 23.5. The van der Waals surface area contributed by atoms with Crippen molar-refractivity contribution in [2.45, 2.75) is 28.4 Å². The second-order valence-electron chi connectivity index (χ2n) is 6.66. The topological polar surface area (TPSA) is 131 Å². The van der Waals surface area contributed by atoms with Gasteiger partial charge < -0.3 is 14.5 Å². The summed E-state index contributed by atoms with van der Waals surface area (Å²) in [7, 11) is 0. The van der Waals surface area contributed by atoms with E-state index in [-0.39, 0.29) is 17.4 Å². The number of rotatable bonds is 7. The van der Waals surface area contributed by atoms with E-state index >= 15 is 0 Å². The molecule has 2 aromatic heterocycles. The highest BCUT2D eigenvalue weighted by atomic mass is 32.2. The van der Waals surface area contributed by atoms with Gasteiger partial charge in [-0.25, -0.2) is 4.98 Å². The van der Waals surface area contributed by atoms with Crippen LogP contribution in [-0.2, 0) is 9.53 Å². The van der Waals surface area contributed by atoms with Crippen molar-refractivity contribution in [1.82, 2.24) is 10.3 Å². The van der Waals surface area contributed by atoms with Gasteiger partial charge in [0, 0.05) is 31.4 Å². The fourth-order valence-electron chi connectivity index (χ4n) is 3.00. The zero-order valence-electron chi connectivity index (χ0n) is 16.1. The summed E-state index contributed by atoms with van der Waals surface area (Å²) in [6.45, 7) is 1.06. The Kier molecular flexibility index (Phi) is 6.31. The van der Waals surface area contributed by atoms with Crippen LogP contribution in [0.15, 0.2) is 49.8 Å². The number of nitriles is 1. The van der Waals surface area contributed by atoms with Crippen LogP contribution in [0.2, 0.25) is 0 Å². The predicted octanol–water partition coefficient (Wildman–Crippen LogP) is 4.15. The summed E-state index contributed by atoms with van der Waals surface area (Å²) < 4.78 is 12.5. The number of benzene rings is 1. The van der Waals surface area contributed by atoms with Crippen LogP contribution in [0.5, 0.6) is 0 Å². The molecule has 0 bridgehead atoms.